The van der Waals surface area contributed by atoms with Crippen LogP contribution in [-0.4, -0.2) is 61.2 Å². The molecule has 9 heteroatoms. The van der Waals surface area contributed by atoms with E-state index in [0.29, 0.717) is 43.2 Å². The Labute approximate surface area is 173 Å². The van der Waals surface area contributed by atoms with E-state index in [2.05, 4.69) is 15.0 Å². The number of aryl methyl sites for hydroxylation is 2. The molecule has 2 aliphatic rings. The summed E-state index contributed by atoms with van der Waals surface area (Å²) < 4.78 is 8.72. The van der Waals surface area contributed by atoms with Gasteiger partial charge in [0.15, 0.2) is 11.3 Å². The molecule has 2 aliphatic heterocycles. The van der Waals surface area contributed by atoms with E-state index in [1.807, 2.05) is 19.1 Å². The smallest absolute Gasteiger partial charge is 0.330 e. The second-order valence-corrected chi connectivity index (χ2v) is 8.30. The number of rotatable bonds is 4. The van der Waals surface area contributed by atoms with Crippen LogP contribution in [0, 0.1) is 6.92 Å². The minimum absolute atomic E-state index is 0.102. The van der Waals surface area contributed by atoms with Crippen LogP contribution in [-0.2, 0) is 13.6 Å². The Hall–Kier alpha value is -2.94. The molecule has 0 unspecified atom stereocenters. The topological polar surface area (TPSA) is 89.4 Å². The van der Waals surface area contributed by atoms with E-state index in [1.54, 1.807) is 27.3 Å². The molecule has 0 spiro atoms. The molecule has 5 rings (SSSR count). The Morgan fingerprint density at radius 2 is 2.07 bits per heavy atom. The van der Waals surface area contributed by atoms with Crippen molar-refractivity contribution < 1.29 is 9.32 Å². The number of nitrogens with zero attached hydrogens (tertiary/aromatic N) is 6. The number of carbonyl (C=O) groups excluding carboxylic acids is 1. The lowest BCUT2D eigenvalue weighted by molar-refractivity contribution is 0.0775. The second kappa shape index (κ2) is 7.39. The predicted octanol–water partition coefficient (Wildman–Crippen LogP) is 1.71. The number of hydrogen-bond donors (Lipinski definition) is 0. The Balaban J connectivity index is 1.39. The molecule has 0 N–H and O–H groups in total. The van der Waals surface area contributed by atoms with E-state index in [9.17, 15) is 9.59 Å². The zero-order valence-electron chi connectivity index (χ0n) is 17.4. The zero-order chi connectivity index (χ0) is 20.8. The van der Waals surface area contributed by atoms with E-state index < -0.39 is 0 Å². The second-order valence-electron chi connectivity index (χ2n) is 8.30. The number of aromatic nitrogens is 4. The number of hydrogen-bond acceptors (Lipinski definition) is 6. The van der Waals surface area contributed by atoms with Crippen molar-refractivity contribution in [3.05, 3.63) is 45.8 Å². The molecule has 0 bridgehead atoms. The Bertz CT molecular complexity index is 1150. The van der Waals surface area contributed by atoms with Crippen LogP contribution >= 0.6 is 0 Å². The third-order valence-electron chi connectivity index (χ3n) is 6.43. The fourth-order valence-corrected chi connectivity index (χ4v) is 4.72. The third kappa shape index (κ3) is 3.04. The minimum Gasteiger partial charge on any atom is -0.361 e. The summed E-state index contributed by atoms with van der Waals surface area (Å²) in [5.41, 5.74) is 2.65. The monoisotopic (exact) mass is 410 g/mol. The maximum atomic E-state index is 13.3. The van der Waals surface area contributed by atoms with Gasteiger partial charge in [-0.15, -0.1) is 0 Å². The summed E-state index contributed by atoms with van der Waals surface area (Å²) in [5, 5.41) is 4.09. The molecule has 30 heavy (non-hydrogen) atoms. The summed E-state index contributed by atoms with van der Waals surface area (Å²) in [5.74, 6) is 0.584. The van der Waals surface area contributed by atoms with Crippen molar-refractivity contribution in [3.63, 3.8) is 0 Å². The van der Waals surface area contributed by atoms with E-state index in [-0.39, 0.29) is 17.6 Å². The summed E-state index contributed by atoms with van der Waals surface area (Å²) in [6.45, 7) is 5.68. The van der Waals surface area contributed by atoms with Gasteiger partial charge in [-0.1, -0.05) is 5.16 Å². The maximum absolute atomic E-state index is 13.3. The van der Waals surface area contributed by atoms with Crippen LogP contribution < -0.4 is 5.69 Å². The lowest BCUT2D eigenvalue weighted by Crippen LogP contribution is -2.33. The fraction of sp³-hybridized carbons (Fsp3) is 0.524. The molecule has 2 saturated heterocycles. The first kappa shape index (κ1) is 19.0. The summed E-state index contributed by atoms with van der Waals surface area (Å²) in [7, 11) is 1.75. The number of carbonyl (C=O) groups is 1. The van der Waals surface area contributed by atoms with Crippen molar-refractivity contribution in [3.8, 4) is 0 Å². The van der Waals surface area contributed by atoms with Crippen molar-refractivity contribution in [1.29, 1.82) is 0 Å². The zero-order valence-corrected chi connectivity index (χ0v) is 17.4. The van der Waals surface area contributed by atoms with E-state index >= 15 is 0 Å². The number of amides is 1. The molecule has 1 amide bonds. The van der Waals surface area contributed by atoms with Crippen LogP contribution in [0.1, 0.15) is 47.1 Å². The number of likely N-dealkylation sites (tertiary alicyclic amines) is 2. The summed E-state index contributed by atoms with van der Waals surface area (Å²) >= 11 is 0. The highest BCUT2D eigenvalue weighted by Crippen LogP contribution is 2.27. The largest absolute Gasteiger partial charge is 0.361 e. The molecule has 0 saturated carbocycles. The van der Waals surface area contributed by atoms with Gasteiger partial charge in [-0.25, -0.2) is 9.78 Å². The number of fused-ring (bicyclic) bond motifs is 1. The molecule has 0 radical (unpaired) electrons. The van der Waals surface area contributed by atoms with Crippen molar-refractivity contribution in [2.75, 3.05) is 26.2 Å². The maximum Gasteiger partial charge on any atom is 0.330 e. The Morgan fingerprint density at radius 1 is 1.27 bits per heavy atom. The van der Waals surface area contributed by atoms with Crippen LogP contribution in [0.2, 0.25) is 0 Å². The lowest BCUT2D eigenvalue weighted by atomic mass is 10.1. The molecule has 2 fully saturated rings. The van der Waals surface area contributed by atoms with Crippen LogP contribution in [0.3, 0.4) is 0 Å². The summed E-state index contributed by atoms with van der Waals surface area (Å²) in [6.07, 6.45) is 4.78. The van der Waals surface area contributed by atoms with Gasteiger partial charge in [0.05, 0.1) is 11.6 Å². The van der Waals surface area contributed by atoms with E-state index in [0.717, 1.165) is 24.2 Å². The van der Waals surface area contributed by atoms with Gasteiger partial charge >= 0.3 is 5.69 Å². The average molecular weight is 410 g/mol. The van der Waals surface area contributed by atoms with Crippen LogP contribution in [0.15, 0.2) is 27.6 Å². The Kier molecular flexibility index (Phi) is 4.69. The van der Waals surface area contributed by atoms with Crippen molar-refractivity contribution in [1.82, 2.24) is 29.1 Å². The van der Waals surface area contributed by atoms with Crippen LogP contribution in [0.5, 0.6) is 0 Å². The lowest BCUT2D eigenvalue weighted by Gasteiger charge is -2.18. The molecule has 0 aliphatic carbocycles. The quantitative estimate of drug-likeness (QED) is 0.651. The molecule has 3 aromatic rings. The molecule has 158 valence electrons. The highest BCUT2D eigenvalue weighted by molar-refractivity contribution is 5.94. The predicted molar refractivity (Wildman–Crippen MR) is 110 cm³/mol. The van der Waals surface area contributed by atoms with Crippen molar-refractivity contribution in [2.45, 2.75) is 38.8 Å². The van der Waals surface area contributed by atoms with Gasteiger partial charge in [0.2, 0.25) is 0 Å². The molecule has 3 aromatic heterocycles. The molecule has 9 nitrogen and oxygen atoms in total. The molecular formula is C21H26N6O3. The summed E-state index contributed by atoms with van der Waals surface area (Å²) in [6, 6.07) is 3.61. The third-order valence-corrected chi connectivity index (χ3v) is 6.43. The molecule has 1 atom stereocenters. The fourth-order valence-electron chi connectivity index (χ4n) is 4.72. The van der Waals surface area contributed by atoms with Gasteiger partial charge < -0.3 is 9.42 Å². The molecule has 0 aromatic carbocycles. The number of imidazole rings is 1. The first-order valence-corrected chi connectivity index (χ1v) is 10.5. The van der Waals surface area contributed by atoms with Crippen LogP contribution in [0.25, 0.3) is 11.2 Å². The van der Waals surface area contributed by atoms with Gasteiger partial charge in [-0.2, -0.15) is 0 Å². The molecular weight excluding hydrogens is 384 g/mol. The SMILES string of the molecule is Cc1onc(C(=O)N2CC[C@@H](n3c(=O)n(C)c4cccnc43)C2)c1CN1CCCC1. The standard InChI is InChI=1S/C21H26N6O3/c1-14-16(13-25-9-3-4-10-25)18(23-30-14)20(28)26-11-7-15(12-26)27-19-17(6-5-8-22-19)24(2)21(27)29/h5-6,8,15H,3-4,7,9-13H2,1-2H3/t15-/m1/s1. The van der Waals surface area contributed by atoms with E-state index in [4.69, 9.17) is 4.52 Å². The van der Waals surface area contributed by atoms with Gasteiger partial charge in [-0.05, 0) is 51.4 Å². The normalized spacial score (nSPS) is 19.9. The van der Waals surface area contributed by atoms with Crippen LogP contribution in [0.4, 0.5) is 0 Å². The average Bonchev–Trinajstić information content (AvgIpc) is 3.53. The van der Waals surface area contributed by atoms with Crippen molar-refractivity contribution >= 4 is 17.1 Å². The van der Waals surface area contributed by atoms with Gasteiger partial charge in [0.25, 0.3) is 5.91 Å². The highest BCUT2D eigenvalue weighted by Gasteiger charge is 2.34. The van der Waals surface area contributed by atoms with E-state index in [1.165, 1.54) is 12.8 Å². The number of pyridine rings is 1. The van der Waals surface area contributed by atoms with Gasteiger partial charge in [0.1, 0.15) is 5.76 Å². The van der Waals surface area contributed by atoms with Crippen molar-refractivity contribution in [2.24, 2.45) is 7.05 Å². The highest BCUT2D eigenvalue weighted by atomic mass is 16.5. The first-order chi connectivity index (χ1) is 14.5. The summed E-state index contributed by atoms with van der Waals surface area (Å²) in [4.78, 5) is 34.6. The van der Waals surface area contributed by atoms with Gasteiger partial charge in [-0.3, -0.25) is 18.8 Å². The molecule has 5 heterocycles. The van der Waals surface area contributed by atoms with Gasteiger partial charge in [0, 0.05) is 38.4 Å². The minimum atomic E-state index is -0.121. The first-order valence-electron chi connectivity index (χ1n) is 10.5. The Morgan fingerprint density at radius 3 is 2.87 bits per heavy atom.